The van der Waals surface area contributed by atoms with Crippen LogP contribution in [0.2, 0.25) is 0 Å². The topological polar surface area (TPSA) is 51.4 Å². The first-order valence-electron chi connectivity index (χ1n) is 17.3. The Kier molecular flexibility index (Phi) is 16.7. The van der Waals surface area contributed by atoms with Gasteiger partial charge in [0, 0.05) is 41.4 Å². The van der Waals surface area contributed by atoms with Gasteiger partial charge in [-0.2, -0.15) is 0 Å². The van der Waals surface area contributed by atoms with E-state index >= 15 is 0 Å². The van der Waals surface area contributed by atoms with E-state index in [1.165, 1.54) is 54.5 Å². The lowest BCUT2D eigenvalue weighted by Gasteiger charge is -2.32. The molecular weight excluding hydrogens is 569 g/mol. The third-order valence-electron chi connectivity index (χ3n) is 8.09. The first kappa shape index (κ1) is 38.7. The van der Waals surface area contributed by atoms with E-state index in [4.69, 9.17) is 0 Å². The third kappa shape index (κ3) is 13.9. The molecule has 0 aliphatic carbocycles. The Morgan fingerprint density at radius 2 is 1.74 bits per heavy atom. The van der Waals surface area contributed by atoms with Gasteiger partial charge in [0.15, 0.2) is 0 Å². The normalized spacial score (nSPS) is 15.3. The lowest BCUT2D eigenvalue weighted by Crippen LogP contribution is -2.37. The lowest BCUT2D eigenvalue weighted by atomic mass is 9.89. The Hall–Kier alpha value is -3.51. The second-order valence-corrected chi connectivity index (χ2v) is 13.4. The molecule has 0 unspecified atom stereocenters. The van der Waals surface area contributed by atoms with Gasteiger partial charge in [0.2, 0.25) is 0 Å². The molecule has 2 heterocycles. The fraction of sp³-hybridized carbons (Fsp3) is 0.500. The zero-order valence-corrected chi connectivity index (χ0v) is 29.9. The summed E-state index contributed by atoms with van der Waals surface area (Å²) in [5.41, 5.74) is 8.19. The molecule has 0 bridgehead atoms. The predicted octanol–water partition coefficient (Wildman–Crippen LogP) is 9.60. The highest BCUT2D eigenvalue weighted by Gasteiger charge is 2.21. The average Bonchev–Trinajstić information content (AvgIpc) is 3.02. The summed E-state index contributed by atoms with van der Waals surface area (Å²) in [5.74, 6) is 1.39. The van der Waals surface area contributed by atoms with Crippen LogP contribution in [-0.2, 0) is 0 Å². The van der Waals surface area contributed by atoms with Gasteiger partial charge in [-0.15, -0.1) is 0 Å². The number of aryl methyl sites for hydroxylation is 1. The predicted molar refractivity (Wildman–Crippen MR) is 198 cm³/mol. The molecule has 6 heteroatoms. The van der Waals surface area contributed by atoms with Crippen molar-refractivity contribution in [2.45, 2.75) is 92.9 Å². The van der Waals surface area contributed by atoms with Crippen molar-refractivity contribution in [1.82, 2.24) is 20.9 Å². The van der Waals surface area contributed by atoms with Gasteiger partial charge >= 0.3 is 0 Å². The number of anilines is 1. The molecular formula is C40H62FN5. The number of piperidine rings is 1. The SMILES string of the molecule is C=C(CC(C)(C)C)Nc1cccc(C2CCN(CCCNC(=C)C3=C(CCC)NC(=C)NC3)CC2)c1.CC.Cc1ccccc1F. The smallest absolute Gasteiger partial charge is 0.126 e. The second-order valence-electron chi connectivity index (χ2n) is 13.4. The molecule has 0 atom stereocenters. The molecule has 4 rings (SSSR count). The number of halogens is 1. The molecule has 0 amide bonds. The average molecular weight is 632 g/mol. The molecule has 4 N–H and O–H groups in total. The molecule has 46 heavy (non-hydrogen) atoms. The first-order chi connectivity index (χ1) is 21.9. The van der Waals surface area contributed by atoms with E-state index in [2.05, 4.69) is 97.9 Å². The van der Waals surface area contributed by atoms with Gasteiger partial charge in [0.1, 0.15) is 5.82 Å². The van der Waals surface area contributed by atoms with Crippen LogP contribution >= 0.6 is 0 Å². The molecule has 0 saturated carbocycles. The Morgan fingerprint density at radius 1 is 1.04 bits per heavy atom. The number of rotatable bonds is 12. The van der Waals surface area contributed by atoms with E-state index in [0.717, 1.165) is 62.5 Å². The van der Waals surface area contributed by atoms with Crippen molar-refractivity contribution in [3.63, 3.8) is 0 Å². The van der Waals surface area contributed by atoms with Crippen molar-refractivity contribution in [3.05, 3.63) is 114 Å². The number of allylic oxidation sites excluding steroid dienone is 2. The van der Waals surface area contributed by atoms with Crippen LogP contribution in [0.15, 0.2) is 96.8 Å². The summed E-state index contributed by atoms with van der Waals surface area (Å²) in [7, 11) is 0. The number of hydrogen-bond donors (Lipinski definition) is 4. The zero-order valence-electron chi connectivity index (χ0n) is 29.9. The van der Waals surface area contributed by atoms with Crippen LogP contribution in [0.5, 0.6) is 0 Å². The van der Waals surface area contributed by atoms with E-state index in [0.29, 0.717) is 11.5 Å². The Morgan fingerprint density at radius 3 is 2.35 bits per heavy atom. The van der Waals surface area contributed by atoms with Crippen molar-refractivity contribution in [2.75, 3.05) is 38.0 Å². The number of likely N-dealkylation sites (tertiary alicyclic amines) is 1. The van der Waals surface area contributed by atoms with Crippen molar-refractivity contribution in [1.29, 1.82) is 0 Å². The molecule has 0 spiro atoms. The van der Waals surface area contributed by atoms with E-state index in [-0.39, 0.29) is 11.2 Å². The van der Waals surface area contributed by atoms with Crippen molar-refractivity contribution in [2.24, 2.45) is 5.41 Å². The van der Waals surface area contributed by atoms with E-state index in [1.807, 2.05) is 19.9 Å². The summed E-state index contributed by atoms with van der Waals surface area (Å²) >= 11 is 0. The van der Waals surface area contributed by atoms with Gasteiger partial charge in [-0.1, -0.05) is 98.0 Å². The first-order valence-corrected chi connectivity index (χ1v) is 17.3. The molecule has 2 aromatic carbocycles. The fourth-order valence-electron chi connectivity index (χ4n) is 5.80. The largest absolute Gasteiger partial charge is 0.385 e. The van der Waals surface area contributed by atoms with Crippen LogP contribution in [-0.4, -0.2) is 37.6 Å². The number of nitrogens with one attached hydrogen (secondary N) is 4. The van der Waals surface area contributed by atoms with Crippen LogP contribution in [0, 0.1) is 18.2 Å². The van der Waals surface area contributed by atoms with Crippen LogP contribution in [0.4, 0.5) is 10.1 Å². The Labute approximate surface area is 280 Å². The van der Waals surface area contributed by atoms with E-state index in [9.17, 15) is 4.39 Å². The minimum atomic E-state index is -0.132. The molecule has 5 nitrogen and oxygen atoms in total. The van der Waals surface area contributed by atoms with Crippen LogP contribution in [0.3, 0.4) is 0 Å². The lowest BCUT2D eigenvalue weighted by molar-refractivity contribution is 0.210. The summed E-state index contributed by atoms with van der Waals surface area (Å²) < 4.78 is 12.3. The molecule has 1 fully saturated rings. The van der Waals surface area contributed by atoms with Gasteiger partial charge in [-0.25, -0.2) is 4.39 Å². The van der Waals surface area contributed by atoms with Crippen molar-refractivity contribution in [3.8, 4) is 0 Å². The highest BCUT2D eigenvalue weighted by Crippen LogP contribution is 2.31. The molecule has 0 aromatic heterocycles. The molecule has 254 valence electrons. The summed E-state index contributed by atoms with van der Waals surface area (Å²) in [5, 5.41) is 13.8. The molecule has 0 radical (unpaired) electrons. The van der Waals surface area contributed by atoms with Gasteiger partial charge in [0.25, 0.3) is 0 Å². The molecule has 2 aliphatic heterocycles. The summed E-state index contributed by atoms with van der Waals surface area (Å²) in [4.78, 5) is 2.61. The summed E-state index contributed by atoms with van der Waals surface area (Å²) in [6.45, 7) is 32.5. The minimum Gasteiger partial charge on any atom is -0.385 e. The van der Waals surface area contributed by atoms with Crippen LogP contribution in [0.1, 0.15) is 97.1 Å². The summed E-state index contributed by atoms with van der Waals surface area (Å²) in [6.07, 6.45) is 6.68. The monoisotopic (exact) mass is 631 g/mol. The zero-order chi connectivity index (χ0) is 34.1. The second kappa shape index (κ2) is 19.9. The maximum atomic E-state index is 12.3. The van der Waals surface area contributed by atoms with E-state index in [1.54, 1.807) is 19.1 Å². The Balaban J connectivity index is 0.000000632. The number of nitrogens with zero attached hydrogens (tertiary/aromatic N) is 1. The maximum absolute atomic E-state index is 12.3. The van der Waals surface area contributed by atoms with E-state index < -0.39 is 0 Å². The van der Waals surface area contributed by atoms with Gasteiger partial charge in [-0.3, -0.25) is 0 Å². The highest BCUT2D eigenvalue weighted by atomic mass is 19.1. The number of benzene rings is 2. The standard InChI is InChI=1S/C31H49N5.C7H7F.C2H6/c1-8-11-30-29(22-33-25(4)35-30)24(3)32-16-10-17-36-18-14-26(15-19-36)27-12-9-13-28(20-27)34-23(2)21-31(5,6)7;1-6-4-2-3-5-7(6)8;1-2/h9,12-13,20,26,32-35H,2-4,8,10-11,14-19,21-22H2,1,5-7H3;2-5H,1H3;1-2H3. The summed E-state index contributed by atoms with van der Waals surface area (Å²) in [6, 6.07) is 15.7. The number of hydrogen-bond acceptors (Lipinski definition) is 5. The van der Waals surface area contributed by atoms with Crippen LogP contribution in [0.25, 0.3) is 0 Å². The third-order valence-corrected chi connectivity index (χ3v) is 8.09. The molecule has 2 aliphatic rings. The van der Waals surface area contributed by atoms with Crippen molar-refractivity contribution >= 4 is 5.69 Å². The van der Waals surface area contributed by atoms with Gasteiger partial charge in [0.05, 0.1) is 5.82 Å². The minimum absolute atomic E-state index is 0.132. The van der Waals surface area contributed by atoms with Gasteiger partial charge < -0.3 is 26.2 Å². The molecule has 2 aromatic rings. The quantitative estimate of drug-likeness (QED) is 0.176. The van der Waals surface area contributed by atoms with Crippen LogP contribution < -0.4 is 21.3 Å². The maximum Gasteiger partial charge on any atom is 0.126 e. The van der Waals surface area contributed by atoms with Crippen molar-refractivity contribution < 1.29 is 4.39 Å². The molecule has 1 saturated heterocycles. The Bertz CT molecular complexity index is 1260. The van der Waals surface area contributed by atoms with Gasteiger partial charge in [-0.05, 0) is 99.3 Å². The fourth-order valence-corrected chi connectivity index (χ4v) is 5.80. The highest BCUT2D eigenvalue weighted by molar-refractivity contribution is 5.50.